The normalized spacial score (nSPS) is 20.4. The molecule has 0 fully saturated rings. The standard InChI is InChI=1S/C11H11N3/c12-6-9-10(7-14-11(9)13)8-4-2-1-3-5-8/h1-5,10,14H,7,13H2. The molecule has 1 unspecified atom stereocenters. The van der Waals surface area contributed by atoms with Gasteiger partial charge in [0.1, 0.15) is 5.82 Å². The fraction of sp³-hybridized carbons (Fsp3) is 0.182. The van der Waals surface area contributed by atoms with Gasteiger partial charge in [-0.3, -0.25) is 0 Å². The second kappa shape index (κ2) is 3.43. The molecule has 1 atom stereocenters. The quantitative estimate of drug-likeness (QED) is 0.687. The first-order valence-electron chi connectivity index (χ1n) is 4.51. The SMILES string of the molecule is N#CC1=C(N)NCC1c1ccccc1. The molecule has 3 nitrogen and oxygen atoms in total. The van der Waals surface area contributed by atoms with Crippen LogP contribution in [-0.4, -0.2) is 6.54 Å². The van der Waals surface area contributed by atoms with Gasteiger partial charge < -0.3 is 11.1 Å². The average molecular weight is 185 g/mol. The Bertz CT molecular complexity index is 400. The highest BCUT2D eigenvalue weighted by atomic mass is 15.0. The van der Waals surface area contributed by atoms with E-state index in [1.807, 2.05) is 30.3 Å². The van der Waals surface area contributed by atoms with Crippen LogP contribution in [0.2, 0.25) is 0 Å². The van der Waals surface area contributed by atoms with Crippen molar-refractivity contribution in [1.82, 2.24) is 5.32 Å². The Labute approximate surface area is 82.8 Å². The average Bonchev–Trinajstić information content (AvgIpc) is 2.61. The van der Waals surface area contributed by atoms with Gasteiger partial charge in [0.25, 0.3) is 0 Å². The van der Waals surface area contributed by atoms with Crippen molar-refractivity contribution >= 4 is 0 Å². The van der Waals surface area contributed by atoms with Gasteiger partial charge in [0.15, 0.2) is 0 Å². The highest BCUT2D eigenvalue weighted by Gasteiger charge is 2.24. The van der Waals surface area contributed by atoms with Crippen LogP contribution >= 0.6 is 0 Å². The molecule has 0 radical (unpaired) electrons. The zero-order valence-electron chi connectivity index (χ0n) is 7.70. The van der Waals surface area contributed by atoms with E-state index in [-0.39, 0.29) is 5.92 Å². The number of hydrogen-bond donors (Lipinski definition) is 2. The van der Waals surface area contributed by atoms with E-state index in [1.165, 1.54) is 0 Å². The fourth-order valence-electron chi connectivity index (χ4n) is 1.71. The zero-order chi connectivity index (χ0) is 9.97. The molecule has 1 aromatic rings. The fourth-order valence-corrected chi connectivity index (χ4v) is 1.71. The molecule has 1 aliphatic heterocycles. The van der Waals surface area contributed by atoms with Gasteiger partial charge in [-0.05, 0) is 5.56 Å². The summed E-state index contributed by atoms with van der Waals surface area (Å²) in [6, 6.07) is 12.1. The molecule has 0 bridgehead atoms. The summed E-state index contributed by atoms with van der Waals surface area (Å²) >= 11 is 0. The Morgan fingerprint density at radius 1 is 1.36 bits per heavy atom. The van der Waals surface area contributed by atoms with Crippen LogP contribution in [0.4, 0.5) is 0 Å². The van der Waals surface area contributed by atoms with Crippen molar-refractivity contribution in [2.45, 2.75) is 5.92 Å². The molecule has 1 aliphatic rings. The lowest BCUT2D eigenvalue weighted by atomic mass is 9.94. The lowest BCUT2D eigenvalue weighted by molar-refractivity contribution is 0.784. The van der Waals surface area contributed by atoms with Gasteiger partial charge in [-0.1, -0.05) is 30.3 Å². The number of rotatable bonds is 1. The summed E-state index contributed by atoms with van der Waals surface area (Å²) in [7, 11) is 0. The monoisotopic (exact) mass is 185 g/mol. The maximum atomic E-state index is 8.94. The first-order valence-corrected chi connectivity index (χ1v) is 4.51. The van der Waals surface area contributed by atoms with Crippen LogP contribution in [0, 0.1) is 11.3 Å². The lowest BCUT2D eigenvalue weighted by Gasteiger charge is -2.08. The summed E-state index contributed by atoms with van der Waals surface area (Å²) in [5.74, 6) is 0.627. The van der Waals surface area contributed by atoms with Crippen molar-refractivity contribution in [3.63, 3.8) is 0 Å². The molecule has 0 saturated heterocycles. The third-order valence-corrected chi connectivity index (χ3v) is 2.46. The third kappa shape index (κ3) is 1.31. The van der Waals surface area contributed by atoms with Crippen molar-refractivity contribution in [1.29, 1.82) is 5.26 Å². The molecular weight excluding hydrogens is 174 g/mol. The Morgan fingerprint density at radius 3 is 2.71 bits per heavy atom. The van der Waals surface area contributed by atoms with Gasteiger partial charge in [-0.15, -0.1) is 0 Å². The van der Waals surface area contributed by atoms with Crippen LogP contribution < -0.4 is 11.1 Å². The molecule has 3 heteroatoms. The molecule has 2 rings (SSSR count). The number of nitrogens with zero attached hydrogens (tertiary/aromatic N) is 1. The van der Waals surface area contributed by atoms with Gasteiger partial charge in [0.2, 0.25) is 0 Å². The molecule has 1 aromatic carbocycles. The van der Waals surface area contributed by atoms with Crippen molar-refractivity contribution in [2.75, 3.05) is 6.54 Å². The van der Waals surface area contributed by atoms with Crippen molar-refractivity contribution in [3.05, 3.63) is 47.3 Å². The maximum absolute atomic E-state index is 8.94. The molecule has 0 aromatic heterocycles. The number of benzene rings is 1. The molecule has 0 saturated carbocycles. The van der Waals surface area contributed by atoms with Crippen LogP contribution in [0.25, 0.3) is 0 Å². The first kappa shape index (κ1) is 8.64. The van der Waals surface area contributed by atoms with Crippen molar-refractivity contribution in [3.8, 4) is 6.07 Å². The summed E-state index contributed by atoms with van der Waals surface area (Å²) in [5.41, 5.74) is 7.45. The highest BCUT2D eigenvalue weighted by molar-refractivity contribution is 5.42. The van der Waals surface area contributed by atoms with E-state index in [0.29, 0.717) is 11.4 Å². The predicted molar refractivity (Wildman–Crippen MR) is 54.0 cm³/mol. The number of hydrogen-bond acceptors (Lipinski definition) is 3. The minimum Gasteiger partial charge on any atom is -0.385 e. The van der Waals surface area contributed by atoms with Crippen molar-refractivity contribution < 1.29 is 0 Å². The molecule has 3 N–H and O–H groups in total. The zero-order valence-corrected chi connectivity index (χ0v) is 7.70. The first-order chi connectivity index (χ1) is 6.83. The summed E-state index contributed by atoms with van der Waals surface area (Å²) in [5, 5.41) is 11.9. The Morgan fingerprint density at radius 2 is 2.07 bits per heavy atom. The van der Waals surface area contributed by atoms with E-state index in [1.54, 1.807) is 0 Å². The summed E-state index contributed by atoms with van der Waals surface area (Å²) in [4.78, 5) is 0. The third-order valence-electron chi connectivity index (χ3n) is 2.46. The van der Waals surface area contributed by atoms with E-state index in [2.05, 4.69) is 11.4 Å². The summed E-state index contributed by atoms with van der Waals surface area (Å²) in [6.07, 6.45) is 0. The van der Waals surface area contributed by atoms with E-state index in [9.17, 15) is 0 Å². The van der Waals surface area contributed by atoms with Crippen LogP contribution in [0.5, 0.6) is 0 Å². The molecule has 0 amide bonds. The smallest absolute Gasteiger partial charge is 0.111 e. The summed E-state index contributed by atoms with van der Waals surface area (Å²) in [6.45, 7) is 0.721. The molecular formula is C11H11N3. The van der Waals surface area contributed by atoms with E-state index in [4.69, 9.17) is 11.0 Å². The molecule has 0 aliphatic carbocycles. The van der Waals surface area contributed by atoms with E-state index < -0.39 is 0 Å². The van der Waals surface area contributed by atoms with Gasteiger partial charge >= 0.3 is 0 Å². The lowest BCUT2D eigenvalue weighted by Crippen LogP contribution is -2.15. The second-order valence-corrected chi connectivity index (χ2v) is 3.28. The predicted octanol–water partition coefficient (Wildman–Crippen LogP) is 1.07. The number of nitrogens with one attached hydrogen (secondary N) is 1. The Kier molecular flexibility index (Phi) is 2.11. The van der Waals surface area contributed by atoms with Gasteiger partial charge in [-0.25, -0.2) is 0 Å². The van der Waals surface area contributed by atoms with Crippen molar-refractivity contribution in [2.24, 2.45) is 5.73 Å². The topological polar surface area (TPSA) is 61.8 Å². The highest BCUT2D eigenvalue weighted by Crippen LogP contribution is 2.27. The van der Waals surface area contributed by atoms with Crippen LogP contribution in [0.1, 0.15) is 11.5 Å². The van der Waals surface area contributed by atoms with E-state index >= 15 is 0 Å². The van der Waals surface area contributed by atoms with Crippen LogP contribution in [0.3, 0.4) is 0 Å². The van der Waals surface area contributed by atoms with E-state index in [0.717, 1.165) is 12.1 Å². The molecule has 14 heavy (non-hydrogen) atoms. The van der Waals surface area contributed by atoms with Gasteiger partial charge in [0.05, 0.1) is 11.6 Å². The van der Waals surface area contributed by atoms with Crippen LogP contribution in [0.15, 0.2) is 41.7 Å². The number of nitriles is 1. The second-order valence-electron chi connectivity index (χ2n) is 3.28. The molecule has 70 valence electrons. The molecule has 1 heterocycles. The van der Waals surface area contributed by atoms with Crippen LogP contribution in [-0.2, 0) is 0 Å². The molecule has 0 spiro atoms. The largest absolute Gasteiger partial charge is 0.385 e. The van der Waals surface area contributed by atoms with Gasteiger partial charge in [-0.2, -0.15) is 5.26 Å². The Hall–Kier alpha value is -1.95. The van der Waals surface area contributed by atoms with Gasteiger partial charge in [0, 0.05) is 12.5 Å². The Balaban J connectivity index is 2.35. The number of nitrogens with two attached hydrogens (primary N) is 1. The minimum atomic E-state index is 0.112. The minimum absolute atomic E-state index is 0.112. The summed E-state index contributed by atoms with van der Waals surface area (Å²) < 4.78 is 0. The maximum Gasteiger partial charge on any atom is 0.111 e.